The third-order valence-electron chi connectivity index (χ3n) is 5.06. The molecule has 1 unspecified atom stereocenters. The molecular weight excluding hydrogens is 280 g/mol. The lowest BCUT2D eigenvalue weighted by Crippen LogP contribution is -2.39. The predicted molar refractivity (Wildman–Crippen MR) is 87.6 cm³/mol. The summed E-state index contributed by atoms with van der Waals surface area (Å²) in [6, 6.07) is 2.05. The lowest BCUT2D eigenvalue weighted by Gasteiger charge is -2.24. The van der Waals surface area contributed by atoms with Crippen molar-refractivity contribution >= 4 is 17.2 Å². The molecule has 1 fully saturated rings. The molecule has 21 heavy (non-hydrogen) atoms. The number of carbonyl (C=O) groups excluding carboxylic acids is 1. The van der Waals surface area contributed by atoms with E-state index < -0.39 is 0 Å². The number of rotatable bonds is 5. The van der Waals surface area contributed by atoms with Gasteiger partial charge in [-0.3, -0.25) is 4.79 Å². The normalized spacial score (nSPS) is 23.4. The molecule has 1 saturated carbocycles. The Morgan fingerprint density at radius 1 is 1.38 bits per heavy atom. The van der Waals surface area contributed by atoms with Gasteiger partial charge in [-0.15, -0.1) is 11.3 Å². The molecular formula is C17H26N2OS. The van der Waals surface area contributed by atoms with Crippen LogP contribution in [0.5, 0.6) is 0 Å². The van der Waals surface area contributed by atoms with Gasteiger partial charge in [-0.05, 0) is 49.2 Å². The molecule has 3 rings (SSSR count). The van der Waals surface area contributed by atoms with Gasteiger partial charge in [-0.2, -0.15) is 0 Å². The zero-order valence-corrected chi connectivity index (χ0v) is 13.8. The second-order valence-electron chi connectivity index (χ2n) is 6.40. The van der Waals surface area contributed by atoms with Gasteiger partial charge >= 0.3 is 0 Å². The maximum Gasteiger partial charge on any atom is 0.245 e. The van der Waals surface area contributed by atoms with Crippen LogP contribution in [0, 0.1) is 5.92 Å². The fourth-order valence-electron chi connectivity index (χ4n) is 3.81. The molecule has 1 aliphatic carbocycles. The highest BCUT2D eigenvalue weighted by atomic mass is 32.1. The first-order valence-corrected chi connectivity index (χ1v) is 9.20. The van der Waals surface area contributed by atoms with Crippen LogP contribution in [-0.2, 0) is 11.2 Å². The van der Waals surface area contributed by atoms with E-state index in [1.165, 1.54) is 49.0 Å². The van der Waals surface area contributed by atoms with Crippen molar-refractivity contribution in [3.63, 3.8) is 0 Å². The van der Waals surface area contributed by atoms with Crippen molar-refractivity contribution in [3.05, 3.63) is 21.9 Å². The molecule has 0 bridgehead atoms. The number of fused-ring (bicyclic) bond motifs is 1. The summed E-state index contributed by atoms with van der Waals surface area (Å²) in [4.78, 5) is 16.0. The van der Waals surface area contributed by atoms with Crippen LogP contribution in [-0.4, -0.2) is 30.9 Å². The molecule has 116 valence electrons. The molecule has 2 aliphatic rings. The van der Waals surface area contributed by atoms with E-state index >= 15 is 0 Å². The van der Waals surface area contributed by atoms with Crippen LogP contribution in [0.25, 0.3) is 0 Å². The summed E-state index contributed by atoms with van der Waals surface area (Å²) in [5.74, 6) is 1.19. The standard InChI is InChI=1S/C17H26N2OS/c1-18-15-16-14(9-12-21-16)8-11-19(17(15)20)10-4-7-13-5-2-3-6-13/h9,12-13,15,18H,2-8,10-11H2,1H3. The third kappa shape index (κ3) is 3.32. The Morgan fingerprint density at radius 3 is 2.95 bits per heavy atom. The van der Waals surface area contributed by atoms with E-state index in [1.807, 2.05) is 7.05 Å². The second kappa shape index (κ2) is 6.93. The number of likely N-dealkylation sites (N-methyl/N-ethyl adjacent to an activating group) is 1. The number of amides is 1. The van der Waals surface area contributed by atoms with Crippen LogP contribution < -0.4 is 5.32 Å². The first kappa shape index (κ1) is 15.0. The monoisotopic (exact) mass is 306 g/mol. The van der Waals surface area contributed by atoms with E-state index in [1.54, 1.807) is 11.3 Å². The number of nitrogens with one attached hydrogen (secondary N) is 1. The van der Waals surface area contributed by atoms with Crippen LogP contribution in [0.3, 0.4) is 0 Å². The number of carbonyl (C=O) groups is 1. The average Bonchev–Trinajstić information content (AvgIpc) is 3.13. The summed E-state index contributed by atoms with van der Waals surface area (Å²) in [5, 5.41) is 5.33. The lowest BCUT2D eigenvalue weighted by molar-refractivity contribution is -0.133. The summed E-state index contributed by atoms with van der Waals surface area (Å²) < 4.78 is 0. The lowest BCUT2D eigenvalue weighted by atomic mass is 10.0. The van der Waals surface area contributed by atoms with Crippen molar-refractivity contribution in [2.24, 2.45) is 5.92 Å². The number of nitrogens with zero attached hydrogens (tertiary/aromatic N) is 1. The molecule has 0 saturated heterocycles. The van der Waals surface area contributed by atoms with E-state index in [0.717, 1.165) is 25.4 Å². The summed E-state index contributed by atoms with van der Waals surface area (Å²) in [5.41, 5.74) is 1.35. The Kier molecular flexibility index (Phi) is 4.96. The molecule has 0 spiro atoms. The zero-order chi connectivity index (χ0) is 14.7. The Morgan fingerprint density at radius 2 is 2.19 bits per heavy atom. The van der Waals surface area contributed by atoms with Gasteiger partial charge in [0.05, 0.1) is 0 Å². The highest BCUT2D eigenvalue weighted by molar-refractivity contribution is 7.10. The quantitative estimate of drug-likeness (QED) is 0.904. The Labute approximate surface area is 131 Å². The minimum absolute atomic E-state index is 0.131. The van der Waals surface area contributed by atoms with Gasteiger partial charge in [-0.25, -0.2) is 0 Å². The van der Waals surface area contributed by atoms with Gasteiger partial charge in [-0.1, -0.05) is 25.7 Å². The van der Waals surface area contributed by atoms with Crippen molar-refractivity contribution < 1.29 is 4.79 Å². The van der Waals surface area contributed by atoms with Crippen LogP contribution in [0.2, 0.25) is 0 Å². The molecule has 0 radical (unpaired) electrons. The van der Waals surface area contributed by atoms with E-state index in [9.17, 15) is 4.79 Å². The van der Waals surface area contributed by atoms with Gasteiger partial charge in [0.2, 0.25) is 5.91 Å². The van der Waals surface area contributed by atoms with Gasteiger partial charge in [0.25, 0.3) is 0 Å². The number of thiophene rings is 1. The van der Waals surface area contributed by atoms with Crippen molar-refractivity contribution in [2.75, 3.05) is 20.1 Å². The molecule has 1 aliphatic heterocycles. The largest absolute Gasteiger partial charge is 0.341 e. The van der Waals surface area contributed by atoms with Crippen molar-refractivity contribution in [2.45, 2.75) is 51.0 Å². The number of hydrogen-bond donors (Lipinski definition) is 1. The van der Waals surface area contributed by atoms with E-state index in [-0.39, 0.29) is 11.9 Å². The Bertz CT molecular complexity index is 479. The maximum atomic E-state index is 12.7. The summed E-state index contributed by atoms with van der Waals surface area (Å²) in [7, 11) is 1.90. The molecule has 1 amide bonds. The SMILES string of the molecule is CNC1C(=O)N(CCCC2CCCC2)CCc2ccsc21. The molecule has 0 aromatic carbocycles. The third-order valence-corrected chi connectivity index (χ3v) is 6.08. The van der Waals surface area contributed by atoms with Gasteiger partial charge < -0.3 is 10.2 Å². The molecule has 1 atom stereocenters. The highest BCUT2D eigenvalue weighted by Crippen LogP contribution is 2.31. The van der Waals surface area contributed by atoms with Gasteiger partial charge in [0.15, 0.2) is 0 Å². The van der Waals surface area contributed by atoms with Crippen molar-refractivity contribution in [1.29, 1.82) is 0 Å². The average molecular weight is 306 g/mol. The minimum Gasteiger partial charge on any atom is -0.341 e. The first-order chi connectivity index (χ1) is 10.3. The molecule has 1 aromatic heterocycles. The van der Waals surface area contributed by atoms with Crippen LogP contribution in [0.15, 0.2) is 11.4 Å². The smallest absolute Gasteiger partial charge is 0.245 e. The van der Waals surface area contributed by atoms with Crippen LogP contribution in [0.1, 0.15) is 55.0 Å². The fourth-order valence-corrected chi connectivity index (χ4v) is 4.87. The molecule has 3 nitrogen and oxygen atoms in total. The highest BCUT2D eigenvalue weighted by Gasteiger charge is 2.30. The summed E-state index contributed by atoms with van der Waals surface area (Å²) >= 11 is 1.71. The van der Waals surface area contributed by atoms with Crippen LogP contribution >= 0.6 is 11.3 Å². The molecule has 1 N–H and O–H groups in total. The summed E-state index contributed by atoms with van der Waals surface area (Å²) in [6.45, 7) is 1.81. The van der Waals surface area contributed by atoms with Gasteiger partial charge in [0.1, 0.15) is 6.04 Å². The molecule has 1 aromatic rings. The van der Waals surface area contributed by atoms with E-state index in [0.29, 0.717) is 0 Å². The molecule has 2 heterocycles. The Hall–Kier alpha value is -0.870. The van der Waals surface area contributed by atoms with E-state index in [2.05, 4.69) is 21.7 Å². The minimum atomic E-state index is -0.131. The number of hydrogen-bond acceptors (Lipinski definition) is 3. The second-order valence-corrected chi connectivity index (χ2v) is 7.35. The van der Waals surface area contributed by atoms with Crippen molar-refractivity contribution in [3.8, 4) is 0 Å². The summed E-state index contributed by atoms with van der Waals surface area (Å²) in [6.07, 6.45) is 9.11. The fraction of sp³-hybridized carbons (Fsp3) is 0.706. The van der Waals surface area contributed by atoms with Crippen molar-refractivity contribution in [1.82, 2.24) is 10.2 Å². The topological polar surface area (TPSA) is 32.3 Å². The predicted octanol–water partition coefficient (Wildman–Crippen LogP) is 3.36. The van der Waals surface area contributed by atoms with Crippen LogP contribution in [0.4, 0.5) is 0 Å². The van der Waals surface area contributed by atoms with E-state index in [4.69, 9.17) is 0 Å². The Balaban J connectivity index is 1.58. The first-order valence-electron chi connectivity index (χ1n) is 8.32. The molecule has 4 heteroatoms. The zero-order valence-electron chi connectivity index (χ0n) is 12.9. The maximum absolute atomic E-state index is 12.7. The van der Waals surface area contributed by atoms with Gasteiger partial charge in [0, 0.05) is 18.0 Å².